The van der Waals surface area contributed by atoms with Gasteiger partial charge in [-0.25, -0.2) is 0 Å². The van der Waals surface area contributed by atoms with Gasteiger partial charge in [0.15, 0.2) is 6.10 Å². The Morgan fingerprint density at radius 3 is 1.00 bits per heavy atom. The number of rotatable bonds is 53. The summed E-state index contributed by atoms with van der Waals surface area (Å²) in [6.07, 6.45) is 76.5. The second kappa shape index (κ2) is 56.9. The number of aliphatic hydroxyl groups is 1. The molecule has 0 aliphatic carbocycles. The fourth-order valence-corrected chi connectivity index (χ4v) is 8.49. The van der Waals surface area contributed by atoms with Crippen LogP contribution in [0.25, 0.3) is 0 Å². The molecule has 0 heterocycles. The Kier molecular flexibility index (Phi) is 54.9. The van der Waals surface area contributed by atoms with Crippen LogP contribution in [0.1, 0.15) is 296 Å². The number of esters is 2. The predicted octanol–water partition coefficient (Wildman–Crippen LogP) is 19.4. The summed E-state index contributed by atoms with van der Waals surface area (Å²) in [6, 6.07) is 0. The van der Waals surface area contributed by atoms with Crippen molar-refractivity contribution in [1.82, 2.24) is 0 Å². The van der Waals surface area contributed by atoms with Crippen LogP contribution in [0.4, 0.5) is 0 Å². The lowest BCUT2D eigenvalue weighted by molar-refractivity contribution is -0.161. The van der Waals surface area contributed by atoms with E-state index in [1.165, 1.54) is 199 Å². The van der Waals surface area contributed by atoms with Gasteiger partial charge in [-0.15, -0.1) is 0 Å². The summed E-state index contributed by atoms with van der Waals surface area (Å²) in [6.45, 7) is 4.03. The zero-order valence-corrected chi connectivity index (χ0v) is 44.0. The van der Waals surface area contributed by atoms with Crippen LogP contribution in [-0.2, 0) is 19.1 Å². The molecule has 5 nitrogen and oxygen atoms in total. The summed E-state index contributed by atoms with van der Waals surface area (Å²) in [7, 11) is 0. The maximum absolute atomic E-state index is 12.3. The Bertz CT molecular complexity index is 1130. The molecule has 384 valence electrons. The lowest BCUT2D eigenvalue weighted by Crippen LogP contribution is -2.28. The number of aliphatic hydroxyl groups excluding tert-OH is 1. The molecule has 0 aliphatic heterocycles. The molecule has 0 saturated heterocycles. The molecule has 0 aliphatic rings. The average Bonchev–Trinajstić information content (AvgIpc) is 3.32. The van der Waals surface area contributed by atoms with Gasteiger partial charge in [-0.05, 0) is 77.0 Å². The minimum atomic E-state index is -0.773. The number of hydrogen-bond acceptors (Lipinski definition) is 5. The lowest BCUT2D eigenvalue weighted by atomic mass is 10.0. The number of carbonyl (C=O) groups is 2. The average molecular weight is 924 g/mol. The van der Waals surface area contributed by atoms with E-state index < -0.39 is 6.10 Å². The van der Waals surface area contributed by atoms with Crippen LogP contribution < -0.4 is 0 Å². The van der Waals surface area contributed by atoms with Gasteiger partial charge in [-0.1, -0.05) is 267 Å². The summed E-state index contributed by atoms with van der Waals surface area (Å²) >= 11 is 0. The Morgan fingerprint density at radius 2 is 0.652 bits per heavy atom. The molecule has 0 aromatic carbocycles. The van der Waals surface area contributed by atoms with Crippen LogP contribution in [0.5, 0.6) is 0 Å². The summed E-state index contributed by atoms with van der Waals surface area (Å²) in [5, 5.41) is 9.62. The molecule has 1 unspecified atom stereocenters. The zero-order chi connectivity index (χ0) is 47.7. The Balaban J connectivity index is 3.37. The standard InChI is InChI=1S/C61H110O5/c1-3-5-7-9-11-13-15-17-18-19-20-21-22-23-24-25-26-27-28-29-30-31-32-33-34-35-36-37-38-39-40-41-42-44-46-48-50-52-54-56-61(64)66-59(57-62)58-65-60(63)55-53-51-49-47-45-43-16-14-12-10-8-6-4-2/h5,7,11,13-14,16-18,20-21,59,62H,3-4,6,8-10,12,15,19,22-58H2,1-2H3/b7-5-,13-11-,16-14-,18-17-,21-20-. The first-order valence-electron chi connectivity index (χ1n) is 28.8. The van der Waals surface area contributed by atoms with E-state index in [2.05, 4.69) is 74.6 Å². The molecule has 1 atom stereocenters. The van der Waals surface area contributed by atoms with Gasteiger partial charge in [0.05, 0.1) is 6.61 Å². The summed E-state index contributed by atoms with van der Waals surface area (Å²) in [5.41, 5.74) is 0. The highest BCUT2D eigenvalue weighted by Gasteiger charge is 2.16. The van der Waals surface area contributed by atoms with E-state index in [9.17, 15) is 14.7 Å². The molecule has 0 aromatic heterocycles. The third-order valence-corrected chi connectivity index (χ3v) is 12.8. The quantitative estimate of drug-likeness (QED) is 0.0374. The van der Waals surface area contributed by atoms with Crippen molar-refractivity contribution in [2.75, 3.05) is 13.2 Å². The highest BCUT2D eigenvalue weighted by atomic mass is 16.6. The fraction of sp³-hybridized carbons (Fsp3) is 0.803. The summed E-state index contributed by atoms with van der Waals surface area (Å²) < 4.78 is 10.7. The van der Waals surface area contributed by atoms with Crippen molar-refractivity contribution in [3.05, 3.63) is 60.8 Å². The third-order valence-electron chi connectivity index (χ3n) is 12.8. The first-order chi connectivity index (χ1) is 32.6. The SMILES string of the molecule is CC/C=C\C/C=C\C/C=C\C/C=C\CCCCCCCCCCCCCCCCCCCCCCCCCCCCC(=O)OC(CO)COC(=O)CCCCCCC/C=C\CCCCCC. The van der Waals surface area contributed by atoms with Gasteiger partial charge in [0, 0.05) is 12.8 Å². The number of allylic oxidation sites excluding steroid dienone is 10. The van der Waals surface area contributed by atoms with E-state index in [0.717, 1.165) is 70.6 Å². The van der Waals surface area contributed by atoms with Gasteiger partial charge in [0.2, 0.25) is 0 Å². The topological polar surface area (TPSA) is 72.8 Å². The third kappa shape index (κ3) is 54.2. The number of carbonyl (C=O) groups excluding carboxylic acids is 2. The molecule has 0 fully saturated rings. The van der Waals surface area contributed by atoms with E-state index in [1.54, 1.807) is 0 Å². The first-order valence-corrected chi connectivity index (χ1v) is 28.8. The molecule has 0 amide bonds. The first kappa shape index (κ1) is 63.6. The highest BCUT2D eigenvalue weighted by Crippen LogP contribution is 2.17. The molecule has 0 aromatic rings. The van der Waals surface area contributed by atoms with Crippen LogP contribution in [0.3, 0.4) is 0 Å². The fourth-order valence-electron chi connectivity index (χ4n) is 8.49. The molecular formula is C61H110O5. The highest BCUT2D eigenvalue weighted by molar-refractivity contribution is 5.70. The van der Waals surface area contributed by atoms with E-state index in [4.69, 9.17) is 9.47 Å². The molecule has 5 heteroatoms. The smallest absolute Gasteiger partial charge is 0.306 e. The van der Waals surface area contributed by atoms with Crippen LogP contribution in [-0.4, -0.2) is 36.4 Å². The van der Waals surface area contributed by atoms with Crippen LogP contribution in [0, 0.1) is 0 Å². The molecule has 1 N–H and O–H groups in total. The Labute approximate surface area is 411 Å². The van der Waals surface area contributed by atoms with Crippen molar-refractivity contribution in [3.8, 4) is 0 Å². The van der Waals surface area contributed by atoms with Crippen molar-refractivity contribution < 1.29 is 24.2 Å². The maximum Gasteiger partial charge on any atom is 0.306 e. The van der Waals surface area contributed by atoms with Crippen LogP contribution in [0.2, 0.25) is 0 Å². The molecular weight excluding hydrogens is 813 g/mol. The van der Waals surface area contributed by atoms with E-state index in [0.29, 0.717) is 12.8 Å². The van der Waals surface area contributed by atoms with Crippen LogP contribution in [0.15, 0.2) is 60.8 Å². The van der Waals surface area contributed by atoms with Gasteiger partial charge in [-0.2, -0.15) is 0 Å². The summed E-state index contributed by atoms with van der Waals surface area (Å²) in [4.78, 5) is 24.4. The van der Waals surface area contributed by atoms with Crippen molar-refractivity contribution >= 4 is 11.9 Å². The van der Waals surface area contributed by atoms with Crippen molar-refractivity contribution in [2.45, 2.75) is 302 Å². The van der Waals surface area contributed by atoms with Crippen molar-refractivity contribution in [1.29, 1.82) is 0 Å². The summed E-state index contributed by atoms with van der Waals surface area (Å²) in [5.74, 6) is -0.589. The van der Waals surface area contributed by atoms with Gasteiger partial charge in [0.1, 0.15) is 6.61 Å². The van der Waals surface area contributed by atoms with E-state index >= 15 is 0 Å². The van der Waals surface area contributed by atoms with Gasteiger partial charge < -0.3 is 14.6 Å². The molecule has 0 radical (unpaired) electrons. The number of unbranched alkanes of at least 4 members (excludes halogenated alkanes) is 35. The number of ether oxygens (including phenoxy) is 2. The molecule has 0 bridgehead atoms. The molecule has 66 heavy (non-hydrogen) atoms. The maximum atomic E-state index is 12.3. The number of hydrogen-bond donors (Lipinski definition) is 1. The second-order valence-electron chi connectivity index (χ2n) is 19.3. The van der Waals surface area contributed by atoms with E-state index in [1.807, 2.05) is 0 Å². The van der Waals surface area contributed by atoms with Gasteiger partial charge in [0.25, 0.3) is 0 Å². The Morgan fingerprint density at radius 1 is 0.364 bits per heavy atom. The molecule has 0 rings (SSSR count). The van der Waals surface area contributed by atoms with Gasteiger partial charge >= 0.3 is 11.9 Å². The predicted molar refractivity (Wildman–Crippen MR) is 288 cm³/mol. The van der Waals surface area contributed by atoms with Crippen molar-refractivity contribution in [2.24, 2.45) is 0 Å². The second-order valence-corrected chi connectivity index (χ2v) is 19.3. The van der Waals surface area contributed by atoms with Crippen molar-refractivity contribution in [3.63, 3.8) is 0 Å². The normalized spacial score (nSPS) is 12.6. The molecule has 0 saturated carbocycles. The van der Waals surface area contributed by atoms with Gasteiger partial charge in [-0.3, -0.25) is 9.59 Å². The lowest BCUT2D eigenvalue weighted by Gasteiger charge is -2.15. The van der Waals surface area contributed by atoms with Crippen LogP contribution >= 0.6 is 0 Å². The monoisotopic (exact) mass is 923 g/mol. The minimum Gasteiger partial charge on any atom is -0.462 e. The molecule has 0 spiro atoms. The zero-order valence-electron chi connectivity index (χ0n) is 44.0. The van der Waals surface area contributed by atoms with E-state index in [-0.39, 0.29) is 25.2 Å². The minimum absolute atomic E-state index is 0.0667. The Hall–Kier alpha value is -2.40. The largest absolute Gasteiger partial charge is 0.462 e.